The SMILES string of the molecule is COc1ccc([C@@H]2[C@@H](CO)OCCN2C)cc1OC. The van der Waals surface area contributed by atoms with Crippen molar-refractivity contribution in [3.63, 3.8) is 0 Å². The van der Waals surface area contributed by atoms with Gasteiger partial charge in [-0.1, -0.05) is 6.07 Å². The first-order valence-corrected chi connectivity index (χ1v) is 6.36. The van der Waals surface area contributed by atoms with Crippen molar-refractivity contribution in [2.24, 2.45) is 0 Å². The fraction of sp³-hybridized carbons (Fsp3) is 0.571. The minimum absolute atomic E-state index is 0.00332. The summed E-state index contributed by atoms with van der Waals surface area (Å²) in [5, 5.41) is 9.46. The van der Waals surface area contributed by atoms with Crippen molar-refractivity contribution in [3.05, 3.63) is 23.8 Å². The van der Waals surface area contributed by atoms with Gasteiger partial charge in [-0.15, -0.1) is 0 Å². The molecule has 106 valence electrons. The number of nitrogens with zero attached hydrogens (tertiary/aromatic N) is 1. The van der Waals surface area contributed by atoms with Crippen LogP contribution in [0.25, 0.3) is 0 Å². The molecule has 0 saturated carbocycles. The molecule has 1 aliphatic rings. The molecule has 1 saturated heterocycles. The smallest absolute Gasteiger partial charge is 0.161 e. The molecule has 0 spiro atoms. The molecule has 2 atom stereocenters. The van der Waals surface area contributed by atoms with E-state index in [0.29, 0.717) is 18.1 Å². The summed E-state index contributed by atoms with van der Waals surface area (Å²) in [6.07, 6.45) is -0.211. The number of rotatable bonds is 4. The third-order valence-electron chi connectivity index (χ3n) is 3.53. The highest BCUT2D eigenvalue weighted by molar-refractivity contribution is 5.44. The third kappa shape index (κ3) is 2.83. The Hall–Kier alpha value is -1.30. The zero-order chi connectivity index (χ0) is 13.8. The third-order valence-corrected chi connectivity index (χ3v) is 3.53. The number of likely N-dealkylation sites (N-methyl/N-ethyl adjacent to an activating group) is 1. The van der Waals surface area contributed by atoms with Gasteiger partial charge in [-0.3, -0.25) is 4.90 Å². The van der Waals surface area contributed by atoms with Gasteiger partial charge in [0.1, 0.15) is 6.10 Å². The van der Waals surface area contributed by atoms with Gasteiger partial charge in [0.05, 0.1) is 33.5 Å². The molecule has 0 aliphatic carbocycles. The minimum Gasteiger partial charge on any atom is -0.493 e. The Bertz CT molecular complexity index is 424. The Kier molecular flexibility index (Phi) is 4.63. The van der Waals surface area contributed by atoms with Gasteiger partial charge in [-0.25, -0.2) is 0 Å². The van der Waals surface area contributed by atoms with Crippen LogP contribution >= 0.6 is 0 Å². The van der Waals surface area contributed by atoms with E-state index >= 15 is 0 Å². The largest absolute Gasteiger partial charge is 0.493 e. The van der Waals surface area contributed by atoms with Crippen LogP contribution in [0.4, 0.5) is 0 Å². The average Bonchev–Trinajstić information content (AvgIpc) is 2.46. The molecule has 1 N–H and O–H groups in total. The van der Waals surface area contributed by atoms with Crippen molar-refractivity contribution in [1.29, 1.82) is 0 Å². The summed E-state index contributed by atoms with van der Waals surface area (Å²) in [6.45, 7) is 1.49. The number of aliphatic hydroxyl groups excluding tert-OH is 1. The molecule has 0 radical (unpaired) electrons. The summed E-state index contributed by atoms with van der Waals surface area (Å²) in [5.41, 5.74) is 1.05. The van der Waals surface area contributed by atoms with E-state index < -0.39 is 0 Å². The van der Waals surface area contributed by atoms with E-state index in [0.717, 1.165) is 12.1 Å². The van der Waals surface area contributed by atoms with Crippen LogP contribution < -0.4 is 9.47 Å². The molecule has 0 aromatic heterocycles. The summed E-state index contributed by atoms with van der Waals surface area (Å²) >= 11 is 0. The van der Waals surface area contributed by atoms with Crippen LogP contribution in [0.5, 0.6) is 11.5 Å². The molecule has 1 heterocycles. The van der Waals surface area contributed by atoms with Gasteiger partial charge < -0.3 is 19.3 Å². The molecule has 1 aromatic rings. The summed E-state index contributed by atoms with van der Waals surface area (Å²) in [5.74, 6) is 1.39. The van der Waals surface area contributed by atoms with Crippen molar-refractivity contribution >= 4 is 0 Å². The lowest BCUT2D eigenvalue weighted by molar-refractivity contribution is -0.0848. The van der Waals surface area contributed by atoms with Crippen LogP contribution in [0.15, 0.2) is 18.2 Å². The van der Waals surface area contributed by atoms with Crippen LogP contribution in [-0.4, -0.2) is 57.1 Å². The maximum absolute atomic E-state index is 9.46. The van der Waals surface area contributed by atoms with E-state index in [2.05, 4.69) is 4.90 Å². The standard InChI is InChI=1S/C14H21NO4/c1-15-6-7-19-13(9-16)14(15)10-4-5-11(17-2)12(8-10)18-3/h4-5,8,13-14,16H,6-7,9H2,1-3H3/t13-,14-/m1/s1. The molecule has 1 fully saturated rings. The number of hydrogen-bond acceptors (Lipinski definition) is 5. The predicted octanol–water partition coefficient (Wildman–Crippen LogP) is 1.07. The Morgan fingerprint density at radius 1 is 1.32 bits per heavy atom. The number of benzene rings is 1. The Morgan fingerprint density at radius 3 is 2.68 bits per heavy atom. The molecule has 1 aromatic carbocycles. The molecular weight excluding hydrogens is 246 g/mol. The van der Waals surface area contributed by atoms with Crippen LogP contribution in [0.2, 0.25) is 0 Å². The minimum atomic E-state index is -0.211. The molecular formula is C14H21NO4. The number of morpholine rings is 1. The van der Waals surface area contributed by atoms with Gasteiger partial charge in [0.2, 0.25) is 0 Å². The molecule has 0 amide bonds. The van der Waals surface area contributed by atoms with Crippen molar-refractivity contribution in [2.45, 2.75) is 12.1 Å². The van der Waals surface area contributed by atoms with Crippen molar-refractivity contribution in [1.82, 2.24) is 4.90 Å². The van der Waals surface area contributed by atoms with Gasteiger partial charge in [0.25, 0.3) is 0 Å². The molecule has 5 heteroatoms. The molecule has 5 nitrogen and oxygen atoms in total. The van der Waals surface area contributed by atoms with Crippen molar-refractivity contribution in [3.8, 4) is 11.5 Å². The number of methoxy groups -OCH3 is 2. The van der Waals surface area contributed by atoms with Gasteiger partial charge in [-0.2, -0.15) is 0 Å². The monoisotopic (exact) mass is 267 g/mol. The van der Waals surface area contributed by atoms with E-state index in [-0.39, 0.29) is 18.8 Å². The Morgan fingerprint density at radius 2 is 2.05 bits per heavy atom. The van der Waals surface area contributed by atoms with Gasteiger partial charge in [-0.05, 0) is 24.7 Å². The van der Waals surface area contributed by atoms with E-state index in [9.17, 15) is 5.11 Å². The van der Waals surface area contributed by atoms with Gasteiger partial charge >= 0.3 is 0 Å². The number of aliphatic hydroxyl groups is 1. The lowest BCUT2D eigenvalue weighted by Gasteiger charge is -2.38. The predicted molar refractivity (Wildman–Crippen MR) is 71.7 cm³/mol. The Labute approximate surface area is 113 Å². The van der Waals surface area contributed by atoms with Crippen LogP contribution in [0.3, 0.4) is 0 Å². The summed E-state index contributed by atoms with van der Waals surface area (Å²) in [6, 6.07) is 5.83. The van der Waals surface area contributed by atoms with E-state index in [1.165, 1.54) is 0 Å². The topological polar surface area (TPSA) is 51.2 Å². The summed E-state index contributed by atoms with van der Waals surface area (Å²) < 4.78 is 16.2. The van der Waals surface area contributed by atoms with Crippen LogP contribution in [0, 0.1) is 0 Å². The van der Waals surface area contributed by atoms with E-state index in [4.69, 9.17) is 14.2 Å². The highest BCUT2D eigenvalue weighted by Gasteiger charge is 2.31. The second-order valence-electron chi connectivity index (χ2n) is 4.63. The van der Waals surface area contributed by atoms with Crippen LogP contribution in [0.1, 0.15) is 11.6 Å². The van der Waals surface area contributed by atoms with E-state index in [1.807, 2.05) is 25.2 Å². The summed E-state index contributed by atoms with van der Waals surface area (Å²) in [4.78, 5) is 2.19. The number of ether oxygens (including phenoxy) is 3. The van der Waals surface area contributed by atoms with E-state index in [1.54, 1.807) is 14.2 Å². The Balaban J connectivity index is 2.33. The lowest BCUT2D eigenvalue weighted by atomic mass is 9.98. The van der Waals surface area contributed by atoms with Crippen LogP contribution in [-0.2, 0) is 4.74 Å². The first-order valence-electron chi connectivity index (χ1n) is 6.36. The fourth-order valence-electron chi connectivity index (χ4n) is 2.52. The zero-order valence-corrected chi connectivity index (χ0v) is 11.6. The average molecular weight is 267 g/mol. The maximum atomic E-state index is 9.46. The van der Waals surface area contributed by atoms with Crippen molar-refractivity contribution in [2.75, 3.05) is 41.0 Å². The highest BCUT2D eigenvalue weighted by Crippen LogP contribution is 2.34. The number of hydrogen-bond donors (Lipinski definition) is 1. The molecule has 2 rings (SSSR count). The summed E-state index contributed by atoms with van der Waals surface area (Å²) in [7, 11) is 5.27. The zero-order valence-electron chi connectivity index (χ0n) is 11.6. The van der Waals surface area contributed by atoms with Crippen molar-refractivity contribution < 1.29 is 19.3 Å². The normalized spacial score (nSPS) is 24.2. The molecule has 1 aliphatic heterocycles. The second kappa shape index (κ2) is 6.23. The quantitative estimate of drug-likeness (QED) is 0.884. The lowest BCUT2D eigenvalue weighted by Crippen LogP contribution is -2.44. The van der Waals surface area contributed by atoms with Gasteiger partial charge in [0, 0.05) is 6.54 Å². The first-order chi connectivity index (χ1) is 9.21. The molecule has 19 heavy (non-hydrogen) atoms. The fourth-order valence-corrected chi connectivity index (χ4v) is 2.52. The van der Waals surface area contributed by atoms with Gasteiger partial charge in [0.15, 0.2) is 11.5 Å². The molecule has 0 unspecified atom stereocenters. The molecule has 0 bridgehead atoms. The highest BCUT2D eigenvalue weighted by atomic mass is 16.5. The maximum Gasteiger partial charge on any atom is 0.161 e. The second-order valence-corrected chi connectivity index (χ2v) is 4.63. The first kappa shape index (κ1) is 14.1.